The van der Waals surface area contributed by atoms with Gasteiger partial charge in [0.15, 0.2) is 0 Å². The van der Waals surface area contributed by atoms with Crippen LogP contribution in [0.5, 0.6) is 0 Å². The van der Waals surface area contributed by atoms with Gasteiger partial charge in [-0.1, -0.05) is 12.1 Å². The molecule has 4 aromatic rings. The Morgan fingerprint density at radius 3 is 2.73 bits per heavy atom. The summed E-state index contributed by atoms with van der Waals surface area (Å²) in [6.45, 7) is 7.91. The van der Waals surface area contributed by atoms with Crippen molar-refractivity contribution in [2.24, 2.45) is 0 Å². The molecule has 1 saturated heterocycles. The van der Waals surface area contributed by atoms with Crippen LogP contribution in [0.1, 0.15) is 61.8 Å². The second-order valence-electron chi connectivity index (χ2n) is 11.1. The molecule has 5 heterocycles. The van der Waals surface area contributed by atoms with E-state index in [2.05, 4.69) is 20.6 Å². The quantitative estimate of drug-likeness (QED) is 0.366. The molecule has 0 spiro atoms. The maximum atomic E-state index is 12.7. The van der Waals surface area contributed by atoms with Crippen LogP contribution in [0.3, 0.4) is 0 Å². The highest BCUT2D eigenvalue weighted by molar-refractivity contribution is 5.92. The van der Waals surface area contributed by atoms with Gasteiger partial charge in [-0.15, -0.1) is 0 Å². The molecule has 0 radical (unpaired) electrons. The predicted octanol–water partition coefficient (Wildman–Crippen LogP) is 3.15. The first-order chi connectivity index (χ1) is 19.2. The summed E-state index contributed by atoms with van der Waals surface area (Å²) in [7, 11) is 0. The summed E-state index contributed by atoms with van der Waals surface area (Å²) in [6, 6.07) is 10.4. The first-order valence-electron chi connectivity index (χ1n) is 13.6. The Hall–Kier alpha value is -4.25. The molecule has 5 rings (SSSR count). The highest BCUT2D eigenvalue weighted by Gasteiger charge is 2.30. The van der Waals surface area contributed by atoms with Gasteiger partial charge in [0.25, 0.3) is 11.5 Å². The molecule has 1 aliphatic heterocycles. The van der Waals surface area contributed by atoms with Crippen molar-refractivity contribution in [1.82, 2.24) is 34.3 Å². The van der Waals surface area contributed by atoms with E-state index in [1.165, 1.54) is 10.5 Å². The Balaban J connectivity index is 1.17. The number of hydrogen-bond acceptors (Lipinski definition) is 7. The first kappa shape index (κ1) is 27.3. The molecule has 0 aromatic carbocycles. The monoisotopic (exact) mass is 545 g/mol. The van der Waals surface area contributed by atoms with Crippen molar-refractivity contribution in [3.05, 3.63) is 82.3 Å². The van der Waals surface area contributed by atoms with Crippen LogP contribution in [-0.2, 0) is 17.8 Å². The zero-order valence-electron chi connectivity index (χ0n) is 23.1. The zero-order valence-corrected chi connectivity index (χ0v) is 23.1. The Morgan fingerprint density at radius 1 is 1.05 bits per heavy atom. The van der Waals surface area contributed by atoms with E-state index in [0.29, 0.717) is 24.4 Å². The molecule has 0 bridgehead atoms. The number of fused-ring (bicyclic) bond motifs is 2. The van der Waals surface area contributed by atoms with Gasteiger partial charge in [0.1, 0.15) is 22.6 Å². The highest BCUT2D eigenvalue weighted by Crippen LogP contribution is 2.20. The van der Waals surface area contributed by atoms with Crippen LogP contribution in [0.4, 0.5) is 4.79 Å². The van der Waals surface area contributed by atoms with Gasteiger partial charge in [0.05, 0.1) is 12.2 Å². The van der Waals surface area contributed by atoms with E-state index in [0.717, 1.165) is 37.0 Å². The number of carbonyl (C=O) groups is 2. The lowest BCUT2D eigenvalue weighted by molar-refractivity contribution is 0.00992. The van der Waals surface area contributed by atoms with Gasteiger partial charge in [0.2, 0.25) is 0 Å². The Kier molecular flexibility index (Phi) is 7.83. The molecule has 4 aromatic heterocycles. The fraction of sp³-hybridized carbons (Fsp3) is 0.414. The van der Waals surface area contributed by atoms with E-state index in [1.807, 2.05) is 54.6 Å². The van der Waals surface area contributed by atoms with E-state index < -0.39 is 11.5 Å². The Labute approximate surface area is 232 Å². The number of ether oxygens (including phenoxy) is 1. The van der Waals surface area contributed by atoms with Crippen molar-refractivity contribution in [3.8, 4) is 0 Å². The predicted molar refractivity (Wildman–Crippen MR) is 150 cm³/mol. The Bertz CT molecular complexity index is 1590. The number of carbonyl (C=O) groups excluding carboxylic acids is 2. The smallest absolute Gasteiger partial charge is 0.410 e. The minimum Gasteiger partial charge on any atom is -0.444 e. The van der Waals surface area contributed by atoms with Gasteiger partial charge in [0, 0.05) is 50.3 Å². The molecule has 11 heteroatoms. The van der Waals surface area contributed by atoms with E-state index in [9.17, 15) is 14.4 Å². The minimum atomic E-state index is -0.513. The number of imidazole rings is 1. The van der Waals surface area contributed by atoms with Crippen molar-refractivity contribution >= 4 is 23.3 Å². The number of amides is 2. The van der Waals surface area contributed by atoms with Crippen molar-refractivity contribution in [3.63, 3.8) is 0 Å². The highest BCUT2D eigenvalue weighted by atomic mass is 16.6. The largest absolute Gasteiger partial charge is 0.444 e. The SMILES string of the molecule is CC(C)(C)OC(=O)N1CCCCC1CNCc1ccc2nc(CNC(=O)c3cc(=O)n4ccccc4n3)cn2c1. The van der Waals surface area contributed by atoms with Crippen LogP contribution in [0.15, 0.2) is 59.8 Å². The third-order valence-electron chi connectivity index (χ3n) is 6.76. The van der Waals surface area contributed by atoms with Crippen LogP contribution in [0.2, 0.25) is 0 Å². The maximum absolute atomic E-state index is 12.7. The average molecular weight is 546 g/mol. The van der Waals surface area contributed by atoms with Gasteiger partial charge >= 0.3 is 6.09 Å². The lowest BCUT2D eigenvalue weighted by Gasteiger charge is -2.37. The minimum absolute atomic E-state index is 0.0662. The van der Waals surface area contributed by atoms with Crippen molar-refractivity contribution in [1.29, 1.82) is 0 Å². The van der Waals surface area contributed by atoms with Crippen molar-refractivity contribution in [2.75, 3.05) is 13.1 Å². The summed E-state index contributed by atoms with van der Waals surface area (Å²) >= 11 is 0. The van der Waals surface area contributed by atoms with E-state index >= 15 is 0 Å². The number of nitrogens with one attached hydrogen (secondary N) is 2. The number of piperidine rings is 1. The van der Waals surface area contributed by atoms with Crippen LogP contribution in [0.25, 0.3) is 11.3 Å². The number of rotatable bonds is 7. The molecule has 210 valence electrons. The zero-order chi connectivity index (χ0) is 28.3. The second-order valence-corrected chi connectivity index (χ2v) is 11.1. The van der Waals surface area contributed by atoms with E-state index in [-0.39, 0.29) is 29.9 Å². The normalized spacial score (nSPS) is 15.9. The Morgan fingerprint density at radius 2 is 1.90 bits per heavy atom. The molecule has 1 unspecified atom stereocenters. The molecule has 11 nitrogen and oxygen atoms in total. The lowest BCUT2D eigenvalue weighted by atomic mass is 10.0. The average Bonchev–Trinajstić information content (AvgIpc) is 3.33. The van der Waals surface area contributed by atoms with Gasteiger partial charge in [-0.25, -0.2) is 14.8 Å². The maximum Gasteiger partial charge on any atom is 0.410 e. The number of likely N-dealkylation sites (tertiary alicyclic amines) is 1. The number of hydrogen-bond donors (Lipinski definition) is 2. The third-order valence-corrected chi connectivity index (χ3v) is 6.76. The standard InChI is InChI=1S/C29H35N7O4/c1-29(2,3)40-28(39)35-12-6-4-8-22(35)17-30-15-20-10-11-24-32-21(19-34(24)18-20)16-31-27(38)23-14-26(37)36-13-7-5-9-25(36)33-23/h5,7,9-11,13-14,18-19,22,30H,4,6,8,12,15-17H2,1-3H3,(H,31,38). The van der Waals surface area contributed by atoms with E-state index in [4.69, 9.17) is 4.74 Å². The fourth-order valence-corrected chi connectivity index (χ4v) is 4.87. The fourth-order valence-electron chi connectivity index (χ4n) is 4.87. The molecule has 0 saturated carbocycles. The molecule has 1 atom stereocenters. The second kappa shape index (κ2) is 11.5. The molecule has 0 aliphatic carbocycles. The molecule has 1 fully saturated rings. The van der Waals surface area contributed by atoms with Gasteiger partial charge in [-0.3, -0.25) is 14.0 Å². The van der Waals surface area contributed by atoms with Gasteiger partial charge in [-0.2, -0.15) is 0 Å². The summed E-state index contributed by atoms with van der Waals surface area (Å²) in [6.07, 6.45) is 8.27. The summed E-state index contributed by atoms with van der Waals surface area (Å²) in [4.78, 5) is 48.3. The molecule has 40 heavy (non-hydrogen) atoms. The van der Waals surface area contributed by atoms with Gasteiger partial charge in [-0.05, 0) is 63.8 Å². The van der Waals surface area contributed by atoms with Crippen LogP contribution in [-0.4, -0.2) is 60.4 Å². The summed E-state index contributed by atoms with van der Waals surface area (Å²) in [5.41, 5.74) is 2.17. The van der Waals surface area contributed by atoms with E-state index in [1.54, 1.807) is 24.4 Å². The molecule has 1 aliphatic rings. The molecular formula is C29H35N7O4. The van der Waals surface area contributed by atoms with Gasteiger partial charge < -0.3 is 24.7 Å². The summed E-state index contributed by atoms with van der Waals surface area (Å²) in [5, 5.41) is 6.29. The summed E-state index contributed by atoms with van der Waals surface area (Å²) in [5.74, 6) is -0.437. The lowest BCUT2D eigenvalue weighted by Crippen LogP contribution is -2.50. The van der Waals surface area contributed by atoms with Crippen LogP contribution < -0.4 is 16.2 Å². The topological polar surface area (TPSA) is 122 Å². The van der Waals surface area contributed by atoms with Crippen molar-refractivity contribution < 1.29 is 14.3 Å². The molecule has 2 N–H and O–H groups in total. The number of nitrogens with zero attached hydrogens (tertiary/aromatic N) is 5. The number of pyridine rings is 2. The number of aromatic nitrogens is 4. The molecular weight excluding hydrogens is 510 g/mol. The van der Waals surface area contributed by atoms with Crippen LogP contribution >= 0.6 is 0 Å². The van der Waals surface area contributed by atoms with Crippen LogP contribution in [0, 0.1) is 0 Å². The third kappa shape index (κ3) is 6.48. The first-order valence-corrected chi connectivity index (χ1v) is 13.6. The summed E-state index contributed by atoms with van der Waals surface area (Å²) < 4.78 is 8.92. The molecule has 2 amide bonds. The van der Waals surface area contributed by atoms with Crippen molar-refractivity contribution in [2.45, 2.75) is 64.8 Å².